The summed E-state index contributed by atoms with van der Waals surface area (Å²) < 4.78 is 42.2. The second-order valence-electron chi connectivity index (χ2n) is 7.51. The molecule has 0 amide bonds. The summed E-state index contributed by atoms with van der Waals surface area (Å²) in [5, 5.41) is 0. The van der Waals surface area contributed by atoms with Gasteiger partial charge >= 0.3 is 17.2 Å². The Labute approximate surface area is 155 Å². The Morgan fingerprint density at radius 2 is 1.50 bits per heavy atom. The molecule has 0 radical (unpaired) electrons. The Morgan fingerprint density at radius 1 is 0.923 bits per heavy atom. The number of hydrogen-bond acceptors (Lipinski definition) is 5. The van der Waals surface area contributed by atoms with Gasteiger partial charge in [0.25, 0.3) is 0 Å². The van der Waals surface area contributed by atoms with E-state index < -0.39 is 28.4 Å². The highest BCUT2D eigenvalue weighted by atomic mass is 32.2. The van der Waals surface area contributed by atoms with E-state index in [4.69, 9.17) is 13.5 Å². The van der Waals surface area contributed by atoms with Crippen molar-refractivity contribution < 1.29 is 21.9 Å². The molecule has 5 nitrogen and oxygen atoms in total. The highest BCUT2D eigenvalue weighted by molar-refractivity contribution is 7.87. The van der Waals surface area contributed by atoms with Crippen LogP contribution in [-0.4, -0.2) is 26.7 Å². The second-order valence-corrected chi connectivity index (χ2v) is 9.06. The molecule has 1 aliphatic heterocycles. The molecule has 7 heteroatoms. The van der Waals surface area contributed by atoms with Crippen LogP contribution in [0.1, 0.15) is 33.3 Å². The fourth-order valence-corrected chi connectivity index (χ4v) is 3.49. The maximum absolute atomic E-state index is 12.5. The summed E-state index contributed by atoms with van der Waals surface area (Å²) in [5.41, 5.74) is 0.748. The van der Waals surface area contributed by atoms with Crippen molar-refractivity contribution in [2.45, 2.75) is 50.7 Å². The maximum atomic E-state index is 12.5. The fraction of sp³-hybridized carbons (Fsp3) is 0.368. The molecule has 1 fully saturated rings. The van der Waals surface area contributed by atoms with Crippen molar-refractivity contribution in [2.75, 3.05) is 0 Å². The minimum Gasteiger partial charge on any atom is -0.399 e. The van der Waals surface area contributed by atoms with Gasteiger partial charge in [0, 0.05) is 0 Å². The largest absolute Gasteiger partial charge is 0.494 e. The van der Waals surface area contributed by atoms with Crippen molar-refractivity contribution in [1.82, 2.24) is 0 Å². The van der Waals surface area contributed by atoms with Gasteiger partial charge in [0.15, 0.2) is 0 Å². The molecular formula is C19H23BO5S. The normalized spacial score (nSPS) is 18.7. The Kier molecular flexibility index (Phi) is 4.67. The van der Waals surface area contributed by atoms with Gasteiger partial charge in [-0.1, -0.05) is 29.8 Å². The average molecular weight is 374 g/mol. The molecule has 0 N–H and O–H groups in total. The van der Waals surface area contributed by atoms with Crippen molar-refractivity contribution in [1.29, 1.82) is 0 Å². The van der Waals surface area contributed by atoms with Crippen LogP contribution in [0.25, 0.3) is 0 Å². The third kappa shape index (κ3) is 3.65. The summed E-state index contributed by atoms with van der Waals surface area (Å²) in [5.74, 6) is 0.220. The standard InChI is InChI=1S/C19H23BO5S/c1-14-9-11-17(12-10-14)26(21,22)23-16-8-6-7-15(13-16)20-24-18(2,3)19(4,5)25-20/h6-13H,1-5H3. The van der Waals surface area contributed by atoms with E-state index in [1.165, 1.54) is 12.1 Å². The smallest absolute Gasteiger partial charge is 0.399 e. The predicted molar refractivity (Wildman–Crippen MR) is 101 cm³/mol. The van der Waals surface area contributed by atoms with Gasteiger partial charge < -0.3 is 13.5 Å². The quantitative estimate of drug-likeness (QED) is 0.608. The molecule has 1 saturated heterocycles. The van der Waals surface area contributed by atoms with E-state index in [2.05, 4.69) is 0 Å². The summed E-state index contributed by atoms with van der Waals surface area (Å²) in [4.78, 5) is 0.115. The molecule has 1 aliphatic rings. The summed E-state index contributed by atoms with van der Waals surface area (Å²) in [6.07, 6.45) is 0. The highest BCUT2D eigenvalue weighted by Crippen LogP contribution is 2.36. The molecule has 2 aromatic carbocycles. The van der Waals surface area contributed by atoms with Crippen LogP contribution < -0.4 is 9.65 Å². The summed E-state index contributed by atoms with van der Waals surface area (Å²) in [7, 11) is -4.48. The zero-order chi connectivity index (χ0) is 19.2. The highest BCUT2D eigenvalue weighted by Gasteiger charge is 2.51. The summed E-state index contributed by atoms with van der Waals surface area (Å²) in [6, 6.07) is 13.3. The Hall–Kier alpha value is -1.83. The van der Waals surface area contributed by atoms with Crippen LogP contribution in [0.3, 0.4) is 0 Å². The van der Waals surface area contributed by atoms with Crippen LogP contribution in [0.15, 0.2) is 53.4 Å². The van der Waals surface area contributed by atoms with E-state index in [0.717, 1.165) is 5.56 Å². The maximum Gasteiger partial charge on any atom is 0.494 e. The minimum atomic E-state index is -3.90. The molecule has 138 valence electrons. The van der Waals surface area contributed by atoms with Gasteiger partial charge in [0.2, 0.25) is 0 Å². The van der Waals surface area contributed by atoms with Crippen LogP contribution in [0.5, 0.6) is 5.75 Å². The molecule has 1 heterocycles. The van der Waals surface area contributed by atoms with Gasteiger partial charge in [0.05, 0.1) is 11.2 Å². The molecular weight excluding hydrogens is 351 g/mol. The summed E-state index contributed by atoms with van der Waals surface area (Å²) >= 11 is 0. The van der Waals surface area contributed by atoms with E-state index in [1.54, 1.807) is 30.3 Å². The molecule has 2 aromatic rings. The lowest BCUT2D eigenvalue weighted by molar-refractivity contribution is 0.00578. The molecule has 0 atom stereocenters. The zero-order valence-electron chi connectivity index (χ0n) is 15.6. The van der Waals surface area contributed by atoms with E-state index in [9.17, 15) is 8.42 Å². The Balaban J connectivity index is 1.83. The molecule has 3 rings (SSSR count). The third-order valence-electron chi connectivity index (χ3n) is 4.90. The topological polar surface area (TPSA) is 61.8 Å². The van der Waals surface area contributed by atoms with Gasteiger partial charge in [0.1, 0.15) is 10.6 Å². The SMILES string of the molecule is Cc1ccc(S(=O)(=O)Oc2cccc(B3OC(C)(C)C(C)(C)O3)c2)cc1. The van der Waals surface area contributed by atoms with Crippen molar-refractivity contribution in [3.63, 3.8) is 0 Å². The molecule has 26 heavy (non-hydrogen) atoms. The molecule has 0 spiro atoms. The van der Waals surface area contributed by atoms with Crippen molar-refractivity contribution in [3.05, 3.63) is 54.1 Å². The molecule has 0 aromatic heterocycles. The lowest BCUT2D eigenvalue weighted by Crippen LogP contribution is -2.41. The van der Waals surface area contributed by atoms with Crippen molar-refractivity contribution in [2.24, 2.45) is 0 Å². The van der Waals surface area contributed by atoms with Crippen molar-refractivity contribution in [3.8, 4) is 5.75 Å². The summed E-state index contributed by atoms with van der Waals surface area (Å²) in [6.45, 7) is 9.76. The number of aryl methyl sites for hydroxylation is 1. The first kappa shape index (κ1) is 19.0. The monoisotopic (exact) mass is 374 g/mol. The fourth-order valence-electron chi connectivity index (χ4n) is 2.57. The molecule has 0 aliphatic carbocycles. The van der Waals surface area contributed by atoms with Gasteiger partial charge in [-0.2, -0.15) is 8.42 Å². The first-order valence-electron chi connectivity index (χ1n) is 8.47. The van der Waals surface area contributed by atoms with Crippen LogP contribution in [-0.2, 0) is 19.4 Å². The van der Waals surface area contributed by atoms with Crippen LogP contribution >= 0.6 is 0 Å². The van der Waals surface area contributed by atoms with Crippen LogP contribution in [0, 0.1) is 6.92 Å². The Morgan fingerprint density at radius 3 is 2.08 bits per heavy atom. The molecule has 0 saturated carbocycles. The molecule has 0 bridgehead atoms. The van der Waals surface area contributed by atoms with Crippen LogP contribution in [0.4, 0.5) is 0 Å². The van der Waals surface area contributed by atoms with Gasteiger partial charge in [-0.25, -0.2) is 0 Å². The van der Waals surface area contributed by atoms with E-state index >= 15 is 0 Å². The van der Waals surface area contributed by atoms with E-state index in [-0.39, 0.29) is 10.6 Å². The van der Waals surface area contributed by atoms with Crippen LogP contribution in [0.2, 0.25) is 0 Å². The van der Waals surface area contributed by atoms with Gasteiger partial charge in [-0.15, -0.1) is 0 Å². The average Bonchev–Trinajstić information content (AvgIpc) is 2.76. The number of hydrogen-bond donors (Lipinski definition) is 0. The minimum absolute atomic E-state index is 0.115. The Bertz CT molecular complexity index is 888. The van der Waals surface area contributed by atoms with E-state index in [1.807, 2.05) is 40.7 Å². The lowest BCUT2D eigenvalue weighted by atomic mass is 9.79. The molecule has 0 unspecified atom stereocenters. The van der Waals surface area contributed by atoms with Gasteiger partial charge in [-0.3, -0.25) is 0 Å². The first-order valence-corrected chi connectivity index (χ1v) is 9.88. The van der Waals surface area contributed by atoms with Gasteiger partial charge in [-0.05, 0) is 64.3 Å². The van der Waals surface area contributed by atoms with Crippen molar-refractivity contribution >= 4 is 22.7 Å². The van der Waals surface area contributed by atoms with E-state index in [0.29, 0.717) is 5.46 Å². The lowest BCUT2D eigenvalue weighted by Gasteiger charge is -2.32. The second kappa shape index (κ2) is 6.41. The number of rotatable bonds is 4. The predicted octanol–water partition coefficient (Wildman–Crippen LogP) is 3.06. The number of benzene rings is 2. The zero-order valence-corrected chi connectivity index (χ0v) is 16.5. The third-order valence-corrected chi connectivity index (χ3v) is 6.16. The first-order chi connectivity index (χ1) is 12.0.